The first-order valence-electron chi connectivity index (χ1n) is 13.0. The Morgan fingerprint density at radius 1 is 1.14 bits per heavy atom. The molecule has 0 bridgehead atoms. The van der Waals surface area contributed by atoms with Crippen LogP contribution in [0.15, 0.2) is 30.3 Å². The van der Waals surface area contributed by atoms with Gasteiger partial charge in [-0.1, -0.05) is 63.9 Å². The molecule has 0 radical (unpaired) electrons. The first-order valence-corrected chi connectivity index (χ1v) is 13.0. The molecular formula is C27H39N3O7. The van der Waals surface area contributed by atoms with E-state index in [2.05, 4.69) is 10.6 Å². The van der Waals surface area contributed by atoms with Crippen LogP contribution in [0.4, 0.5) is 9.59 Å². The highest BCUT2D eigenvalue weighted by molar-refractivity contribution is 6.38. The molecule has 1 unspecified atom stereocenters. The molecule has 204 valence electrons. The maximum atomic E-state index is 13.0. The van der Waals surface area contributed by atoms with E-state index in [-0.39, 0.29) is 18.7 Å². The van der Waals surface area contributed by atoms with Gasteiger partial charge in [-0.25, -0.2) is 9.59 Å². The minimum Gasteiger partial charge on any atom is -0.444 e. The first kappa shape index (κ1) is 28.4. The van der Waals surface area contributed by atoms with Gasteiger partial charge in [0.25, 0.3) is 5.91 Å². The number of Topliss-reactive ketones (excluding diaryl/α,β-unsaturated/α-hetero) is 1. The third-order valence-corrected chi connectivity index (χ3v) is 6.84. The van der Waals surface area contributed by atoms with Crippen LogP contribution in [0, 0.1) is 5.41 Å². The van der Waals surface area contributed by atoms with Gasteiger partial charge in [-0.15, -0.1) is 0 Å². The highest BCUT2D eigenvalue weighted by Gasteiger charge is 2.45. The molecule has 3 rings (SSSR count). The fourth-order valence-electron chi connectivity index (χ4n) is 4.50. The van der Waals surface area contributed by atoms with E-state index < -0.39 is 41.4 Å². The van der Waals surface area contributed by atoms with Gasteiger partial charge in [-0.05, 0) is 18.9 Å². The Hall–Kier alpha value is -3.14. The highest BCUT2D eigenvalue weighted by atomic mass is 16.6. The van der Waals surface area contributed by atoms with Crippen molar-refractivity contribution in [2.75, 3.05) is 26.3 Å². The van der Waals surface area contributed by atoms with Crippen LogP contribution in [0.3, 0.4) is 0 Å². The molecule has 0 saturated carbocycles. The molecule has 0 aliphatic carbocycles. The van der Waals surface area contributed by atoms with Crippen LogP contribution in [-0.4, -0.2) is 73.3 Å². The summed E-state index contributed by atoms with van der Waals surface area (Å²) in [7, 11) is 0. The maximum absolute atomic E-state index is 13.0. The standard InChI is InChI=1S/C27H39N3O7/c1-5-6-12-21(23(31)24(32)28-18(2)19-10-8-7-9-11-19)29-25(33)37-22-15-30(17-27(22,3)4)26(34)36-20-13-14-35-16-20/h7-11,18,20-22H,5-6,12-17H2,1-4H3,(H,28,32)(H,29,33)/t18-,20-,21?,22-/m1/s1. The number of nitrogens with one attached hydrogen (secondary N) is 2. The quantitative estimate of drug-likeness (QED) is 0.456. The van der Waals surface area contributed by atoms with Crippen LogP contribution in [0.25, 0.3) is 0 Å². The number of hydrogen-bond donors (Lipinski definition) is 2. The van der Waals surface area contributed by atoms with Crippen molar-refractivity contribution in [3.8, 4) is 0 Å². The monoisotopic (exact) mass is 517 g/mol. The summed E-state index contributed by atoms with van der Waals surface area (Å²) in [4.78, 5) is 52.6. The Labute approximate surface area is 218 Å². The van der Waals surface area contributed by atoms with Gasteiger partial charge in [0.1, 0.15) is 18.2 Å². The Morgan fingerprint density at radius 2 is 1.86 bits per heavy atom. The van der Waals surface area contributed by atoms with Crippen molar-refractivity contribution in [2.45, 2.75) is 77.7 Å². The minimum atomic E-state index is -1.01. The van der Waals surface area contributed by atoms with Crippen molar-refractivity contribution in [1.29, 1.82) is 0 Å². The highest BCUT2D eigenvalue weighted by Crippen LogP contribution is 2.33. The molecule has 2 N–H and O–H groups in total. The van der Waals surface area contributed by atoms with Crippen molar-refractivity contribution < 1.29 is 33.4 Å². The number of alkyl carbamates (subject to hydrolysis) is 1. The Bertz CT molecular complexity index is 947. The predicted molar refractivity (Wildman–Crippen MR) is 136 cm³/mol. The van der Waals surface area contributed by atoms with E-state index in [1.54, 1.807) is 6.92 Å². The summed E-state index contributed by atoms with van der Waals surface area (Å²) < 4.78 is 16.4. The lowest BCUT2D eigenvalue weighted by Crippen LogP contribution is -2.49. The molecule has 2 saturated heterocycles. The molecule has 0 spiro atoms. The topological polar surface area (TPSA) is 123 Å². The van der Waals surface area contributed by atoms with Crippen molar-refractivity contribution >= 4 is 23.9 Å². The van der Waals surface area contributed by atoms with E-state index in [1.165, 1.54) is 4.90 Å². The lowest BCUT2D eigenvalue weighted by atomic mass is 9.90. The van der Waals surface area contributed by atoms with Crippen LogP contribution < -0.4 is 10.6 Å². The molecule has 1 aromatic carbocycles. The lowest BCUT2D eigenvalue weighted by molar-refractivity contribution is -0.139. The van der Waals surface area contributed by atoms with Gasteiger partial charge in [0, 0.05) is 18.4 Å². The van der Waals surface area contributed by atoms with E-state index in [9.17, 15) is 19.2 Å². The third kappa shape index (κ3) is 7.92. The zero-order valence-electron chi connectivity index (χ0n) is 22.2. The van der Waals surface area contributed by atoms with Crippen LogP contribution in [0.1, 0.15) is 65.0 Å². The van der Waals surface area contributed by atoms with Crippen molar-refractivity contribution in [3.05, 3.63) is 35.9 Å². The molecule has 2 heterocycles. The van der Waals surface area contributed by atoms with E-state index in [4.69, 9.17) is 14.2 Å². The van der Waals surface area contributed by atoms with Gasteiger partial charge in [0.15, 0.2) is 0 Å². The van der Waals surface area contributed by atoms with Crippen LogP contribution in [0.5, 0.6) is 0 Å². The normalized spacial score (nSPS) is 22.1. The van der Waals surface area contributed by atoms with Gasteiger partial charge >= 0.3 is 12.2 Å². The summed E-state index contributed by atoms with van der Waals surface area (Å²) in [5.41, 5.74) is 0.349. The fraction of sp³-hybridized carbons (Fsp3) is 0.630. The fourth-order valence-corrected chi connectivity index (χ4v) is 4.50. The molecule has 10 nitrogen and oxygen atoms in total. The summed E-state index contributed by atoms with van der Waals surface area (Å²) in [6, 6.07) is 7.94. The average molecular weight is 518 g/mol. The van der Waals surface area contributed by atoms with Gasteiger partial charge < -0.3 is 29.7 Å². The zero-order chi connectivity index (χ0) is 27.0. The zero-order valence-corrected chi connectivity index (χ0v) is 22.2. The number of amides is 3. The maximum Gasteiger partial charge on any atom is 0.410 e. The molecule has 2 aliphatic rings. The van der Waals surface area contributed by atoms with Crippen LogP contribution >= 0.6 is 0 Å². The van der Waals surface area contributed by atoms with Crippen molar-refractivity contribution in [1.82, 2.24) is 15.5 Å². The largest absolute Gasteiger partial charge is 0.444 e. The number of ketones is 1. The summed E-state index contributed by atoms with van der Waals surface area (Å²) in [5, 5.41) is 5.30. The molecule has 1 aromatic rings. The van der Waals surface area contributed by atoms with Crippen molar-refractivity contribution in [2.24, 2.45) is 5.41 Å². The smallest absolute Gasteiger partial charge is 0.410 e. The summed E-state index contributed by atoms with van der Waals surface area (Å²) in [5.74, 6) is -1.48. The van der Waals surface area contributed by atoms with E-state index >= 15 is 0 Å². The Morgan fingerprint density at radius 3 is 2.51 bits per heavy atom. The van der Waals surface area contributed by atoms with E-state index in [1.807, 2.05) is 51.1 Å². The van der Waals surface area contributed by atoms with Gasteiger partial charge in [-0.2, -0.15) is 0 Å². The van der Waals surface area contributed by atoms with E-state index in [0.717, 1.165) is 12.0 Å². The average Bonchev–Trinajstić information content (AvgIpc) is 3.48. The minimum absolute atomic E-state index is 0.176. The predicted octanol–water partition coefficient (Wildman–Crippen LogP) is 3.35. The molecule has 10 heteroatoms. The van der Waals surface area contributed by atoms with Crippen molar-refractivity contribution in [3.63, 3.8) is 0 Å². The van der Waals surface area contributed by atoms with Crippen LogP contribution in [-0.2, 0) is 23.8 Å². The SMILES string of the molecule is CCCCC(NC(=O)O[C@@H]1CN(C(=O)O[C@@H]2CCOC2)CC1(C)C)C(=O)C(=O)N[C@H](C)c1ccccc1. The van der Waals surface area contributed by atoms with Gasteiger partial charge in [0.2, 0.25) is 5.78 Å². The lowest BCUT2D eigenvalue weighted by Gasteiger charge is -2.26. The number of nitrogens with zero attached hydrogens (tertiary/aromatic N) is 1. The number of hydrogen-bond acceptors (Lipinski definition) is 7. The molecule has 37 heavy (non-hydrogen) atoms. The summed E-state index contributed by atoms with van der Waals surface area (Å²) in [6.07, 6.45) is 0.294. The Kier molecular flexibility index (Phi) is 9.91. The summed E-state index contributed by atoms with van der Waals surface area (Å²) in [6.45, 7) is 9.04. The van der Waals surface area contributed by atoms with Gasteiger partial charge in [0.05, 0.1) is 25.8 Å². The first-order chi connectivity index (χ1) is 17.6. The number of rotatable bonds is 10. The van der Waals surface area contributed by atoms with Gasteiger partial charge in [-0.3, -0.25) is 9.59 Å². The second-order valence-electron chi connectivity index (χ2n) is 10.4. The third-order valence-electron chi connectivity index (χ3n) is 6.84. The number of likely N-dealkylation sites (tertiary alicyclic amines) is 1. The number of carbonyl (C=O) groups excluding carboxylic acids is 4. The second-order valence-corrected chi connectivity index (χ2v) is 10.4. The second kappa shape index (κ2) is 12.9. The molecule has 0 aromatic heterocycles. The number of ether oxygens (including phenoxy) is 3. The molecule has 3 amide bonds. The van der Waals surface area contributed by atoms with Crippen LogP contribution in [0.2, 0.25) is 0 Å². The number of carbonyl (C=O) groups is 4. The number of unbranched alkanes of at least 4 members (excludes halogenated alkanes) is 1. The summed E-state index contributed by atoms with van der Waals surface area (Å²) >= 11 is 0. The Balaban J connectivity index is 1.56. The number of benzene rings is 1. The molecule has 2 fully saturated rings. The molecular weight excluding hydrogens is 478 g/mol. The molecule has 2 aliphatic heterocycles. The molecule has 4 atom stereocenters. The van der Waals surface area contributed by atoms with E-state index in [0.29, 0.717) is 39.0 Å².